The van der Waals surface area contributed by atoms with Crippen LogP contribution in [0.25, 0.3) is 11.4 Å². The molecule has 1 aliphatic rings. The molecular weight excluding hydrogens is 544 g/mol. The Balaban J connectivity index is 1.20. The second kappa shape index (κ2) is 12.2. The van der Waals surface area contributed by atoms with E-state index in [-0.39, 0.29) is 29.0 Å². The van der Waals surface area contributed by atoms with E-state index in [2.05, 4.69) is 29.9 Å². The average molecular weight is 575 g/mol. The molecule has 11 nitrogen and oxygen atoms in total. The number of carbonyl (C=O) groups excluding carboxylic acids is 1. The molecule has 41 heavy (non-hydrogen) atoms. The molecule has 2 aromatic heterocycles. The van der Waals surface area contributed by atoms with Crippen LogP contribution in [0.15, 0.2) is 88.9 Å². The Kier molecular flexibility index (Phi) is 8.29. The molecule has 0 bridgehead atoms. The van der Waals surface area contributed by atoms with E-state index in [1.54, 1.807) is 60.8 Å². The van der Waals surface area contributed by atoms with Gasteiger partial charge in [-0.2, -0.15) is 0 Å². The van der Waals surface area contributed by atoms with Gasteiger partial charge in [-0.15, -0.1) is 0 Å². The maximum Gasteiger partial charge on any atom is 0.261 e. The van der Waals surface area contributed by atoms with Gasteiger partial charge in [0.1, 0.15) is 6.61 Å². The van der Waals surface area contributed by atoms with Crippen LogP contribution in [-0.2, 0) is 21.4 Å². The number of aromatic amines is 1. The van der Waals surface area contributed by atoms with Gasteiger partial charge in [0.15, 0.2) is 11.6 Å². The molecule has 0 spiro atoms. The number of anilines is 2. The zero-order chi connectivity index (χ0) is 28.8. The van der Waals surface area contributed by atoms with Crippen LogP contribution in [-0.4, -0.2) is 48.4 Å². The Hall–Kier alpha value is -4.71. The molecule has 0 unspecified atom stereocenters. The summed E-state index contributed by atoms with van der Waals surface area (Å²) in [4.78, 5) is 36.3. The number of aromatic nitrogens is 3. The number of sulfonamides is 1. The highest BCUT2D eigenvalue weighted by molar-refractivity contribution is 7.92. The number of hydrogen-bond acceptors (Lipinski definition) is 8. The number of pyridine rings is 1. The lowest BCUT2D eigenvalue weighted by Crippen LogP contribution is -2.44. The summed E-state index contributed by atoms with van der Waals surface area (Å²) in [6, 6.07) is 17.0. The van der Waals surface area contributed by atoms with E-state index in [4.69, 9.17) is 4.74 Å². The fourth-order valence-electron chi connectivity index (χ4n) is 4.63. The number of nitrogens with one attached hydrogen (secondary N) is 3. The first-order chi connectivity index (χ1) is 19.7. The Morgan fingerprint density at radius 2 is 1.78 bits per heavy atom. The Morgan fingerprint density at radius 1 is 1.05 bits per heavy atom. The van der Waals surface area contributed by atoms with Crippen LogP contribution in [0.5, 0.6) is 5.75 Å². The number of rotatable bonds is 9. The summed E-state index contributed by atoms with van der Waals surface area (Å²) in [5.41, 5.74) is 2.46. The first-order valence-electron chi connectivity index (χ1n) is 13.1. The smallest absolute Gasteiger partial charge is 0.261 e. The fourth-order valence-corrected chi connectivity index (χ4v) is 5.68. The van der Waals surface area contributed by atoms with Gasteiger partial charge in [0, 0.05) is 55.3 Å². The zero-order valence-corrected chi connectivity index (χ0v) is 23.2. The highest BCUT2D eigenvalue weighted by Gasteiger charge is 2.21. The van der Waals surface area contributed by atoms with Crippen LogP contribution >= 0.6 is 0 Å². The van der Waals surface area contributed by atoms with Gasteiger partial charge in [-0.25, -0.2) is 18.4 Å². The largest absolute Gasteiger partial charge is 0.486 e. The molecular formula is C29H30N6O5S. The molecule has 3 heterocycles. The first kappa shape index (κ1) is 27.8. The monoisotopic (exact) mass is 574 g/mol. The van der Waals surface area contributed by atoms with E-state index < -0.39 is 10.0 Å². The minimum atomic E-state index is -3.83. The molecule has 1 fully saturated rings. The lowest BCUT2D eigenvalue weighted by Gasteiger charge is -2.33. The Bertz CT molecular complexity index is 1670. The first-order valence-corrected chi connectivity index (χ1v) is 14.6. The van der Waals surface area contributed by atoms with Gasteiger partial charge in [0.25, 0.3) is 10.0 Å². The Labute approximate surface area is 237 Å². The fraction of sp³-hybridized carbons (Fsp3) is 0.241. The van der Waals surface area contributed by atoms with Crippen LogP contribution in [0.4, 0.5) is 11.4 Å². The molecule has 0 radical (unpaired) electrons. The third-order valence-electron chi connectivity index (χ3n) is 6.66. The maximum absolute atomic E-state index is 13.1. The van der Waals surface area contributed by atoms with Crippen molar-refractivity contribution in [1.29, 1.82) is 0 Å². The minimum Gasteiger partial charge on any atom is -0.486 e. The summed E-state index contributed by atoms with van der Waals surface area (Å²) >= 11 is 0. The van der Waals surface area contributed by atoms with Crippen molar-refractivity contribution < 1.29 is 17.9 Å². The maximum atomic E-state index is 13.1. The summed E-state index contributed by atoms with van der Waals surface area (Å²) in [6.07, 6.45) is 6.28. The Morgan fingerprint density at radius 3 is 2.46 bits per heavy atom. The SMILES string of the molecule is CC(=O)NC1CCN(c2ccc(S(=O)(=O)Nc3cccc(-c4ncc(OCc5cc[nH]c(=O)c5)cn4)c3)cc2)CC1. The van der Waals surface area contributed by atoms with Gasteiger partial charge in [-0.1, -0.05) is 12.1 Å². The van der Waals surface area contributed by atoms with E-state index in [0.717, 1.165) is 37.2 Å². The predicted octanol–water partition coefficient (Wildman–Crippen LogP) is 3.32. The summed E-state index contributed by atoms with van der Waals surface area (Å²) in [5, 5.41) is 2.96. The number of benzene rings is 2. The summed E-state index contributed by atoms with van der Waals surface area (Å²) in [5.74, 6) is 0.818. The molecule has 2 aromatic carbocycles. The summed E-state index contributed by atoms with van der Waals surface area (Å²) in [6.45, 7) is 3.29. The standard InChI is InChI=1S/C29H30N6O5S/c1-20(36)33-23-10-13-35(14-11-23)25-5-7-27(8-6-25)41(38,39)34-24-4-2-3-22(16-24)29-31-17-26(18-32-29)40-19-21-9-12-30-28(37)15-21/h2-9,12,15-18,23,34H,10-11,13-14,19H2,1H3,(H,30,37)(H,33,36). The minimum absolute atomic E-state index is 0.0221. The molecule has 0 saturated carbocycles. The van der Waals surface area contributed by atoms with Crippen molar-refractivity contribution in [3.8, 4) is 17.1 Å². The van der Waals surface area contributed by atoms with Gasteiger partial charge < -0.3 is 19.9 Å². The van der Waals surface area contributed by atoms with Crippen LogP contribution in [0.2, 0.25) is 0 Å². The predicted molar refractivity (Wildman–Crippen MR) is 155 cm³/mol. The molecule has 212 valence electrons. The number of hydrogen-bond donors (Lipinski definition) is 3. The van der Waals surface area contributed by atoms with Crippen molar-refractivity contribution in [3.05, 3.63) is 95.2 Å². The van der Waals surface area contributed by atoms with Gasteiger partial charge in [0.2, 0.25) is 11.5 Å². The average Bonchev–Trinajstić information content (AvgIpc) is 2.96. The molecule has 0 atom stereocenters. The van der Waals surface area contributed by atoms with Crippen LogP contribution in [0.3, 0.4) is 0 Å². The second-order valence-electron chi connectivity index (χ2n) is 9.73. The molecule has 12 heteroatoms. The van der Waals surface area contributed by atoms with E-state index in [1.165, 1.54) is 25.4 Å². The number of piperidine rings is 1. The van der Waals surface area contributed by atoms with Crippen molar-refractivity contribution in [2.45, 2.75) is 37.3 Å². The van der Waals surface area contributed by atoms with Crippen molar-refractivity contribution in [2.75, 3.05) is 22.7 Å². The molecule has 0 aliphatic carbocycles. The van der Waals surface area contributed by atoms with Crippen molar-refractivity contribution in [1.82, 2.24) is 20.3 Å². The lowest BCUT2D eigenvalue weighted by atomic mass is 10.0. The molecule has 1 amide bonds. The molecule has 5 rings (SSSR count). The van der Waals surface area contributed by atoms with Gasteiger partial charge in [-0.3, -0.25) is 14.3 Å². The van der Waals surface area contributed by atoms with E-state index in [0.29, 0.717) is 22.8 Å². The molecule has 1 aliphatic heterocycles. The summed E-state index contributed by atoms with van der Waals surface area (Å²) < 4.78 is 34.5. The molecule has 3 N–H and O–H groups in total. The van der Waals surface area contributed by atoms with E-state index in [9.17, 15) is 18.0 Å². The normalized spacial score (nSPS) is 13.9. The van der Waals surface area contributed by atoms with Crippen molar-refractivity contribution in [3.63, 3.8) is 0 Å². The van der Waals surface area contributed by atoms with Gasteiger partial charge in [0.05, 0.1) is 17.3 Å². The van der Waals surface area contributed by atoms with Crippen molar-refractivity contribution in [2.24, 2.45) is 0 Å². The van der Waals surface area contributed by atoms with Crippen LogP contribution in [0.1, 0.15) is 25.3 Å². The zero-order valence-electron chi connectivity index (χ0n) is 22.4. The quantitative estimate of drug-likeness (QED) is 0.276. The van der Waals surface area contributed by atoms with Crippen LogP contribution in [0, 0.1) is 0 Å². The number of amides is 1. The number of ether oxygens (including phenoxy) is 1. The van der Waals surface area contributed by atoms with E-state index in [1.807, 2.05) is 0 Å². The van der Waals surface area contributed by atoms with Crippen LogP contribution < -0.4 is 25.2 Å². The highest BCUT2D eigenvalue weighted by atomic mass is 32.2. The van der Waals surface area contributed by atoms with E-state index >= 15 is 0 Å². The second-order valence-corrected chi connectivity index (χ2v) is 11.4. The van der Waals surface area contributed by atoms with Gasteiger partial charge >= 0.3 is 0 Å². The molecule has 4 aromatic rings. The topological polar surface area (TPSA) is 146 Å². The third-order valence-corrected chi connectivity index (χ3v) is 8.06. The third kappa shape index (κ3) is 7.28. The number of nitrogens with zero attached hydrogens (tertiary/aromatic N) is 3. The molecule has 1 saturated heterocycles. The van der Waals surface area contributed by atoms with Gasteiger partial charge in [-0.05, 0) is 60.9 Å². The lowest BCUT2D eigenvalue weighted by molar-refractivity contribution is -0.119. The summed E-state index contributed by atoms with van der Waals surface area (Å²) in [7, 11) is -3.83. The van der Waals surface area contributed by atoms with Crippen molar-refractivity contribution >= 4 is 27.3 Å². The number of H-pyrrole nitrogens is 1. The highest BCUT2D eigenvalue weighted by Crippen LogP contribution is 2.25. The number of carbonyl (C=O) groups is 1.